The summed E-state index contributed by atoms with van der Waals surface area (Å²) in [6.07, 6.45) is 7.95. The van der Waals surface area contributed by atoms with Gasteiger partial charge in [-0.1, -0.05) is 6.07 Å². The topological polar surface area (TPSA) is 35.5 Å². The standard InChI is InChI=1S/C18H15FO3/c1-21-11-6-8-14-12(9-11)18(20)17-15(22-14)7-5-10-3-2-4-13(19)16(10)17/h4-9,12,14H,2-3H2,1H3. The van der Waals surface area contributed by atoms with Crippen molar-refractivity contribution < 1.29 is 18.7 Å². The third-order valence-corrected chi connectivity index (χ3v) is 4.43. The van der Waals surface area contributed by atoms with Gasteiger partial charge in [-0.05, 0) is 48.8 Å². The number of hydrogen-bond acceptors (Lipinski definition) is 3. The molecule has 22 heavy (non-hydrogen) atoms. The molecule has 2 aliphatic carbocycles. The van der Waals surface area contributed by atoms with E-state index in [-0.39, 0.29) is 17.7 Å². The van der Waals surface area contributed by atoms with Crippen LogP contribution in [0, 0.1) is 5.92 Å². The summed E-state index contributed by atoms with van der Waals surface area (Å²) in [5.41, 5.74) is 1.65. The molecule has 0 amide bonds. The van der Waals surface area contributed by atoms with E-state index < -0.39 is 5.92 Å². The Kier molecular flexibility index (Phi) is 2.93. The van der Waals surface area contributed by atoms with Gasteiger partial charge in [-0.3, -0.25) is 4.79 Å². The number of methoxy groups -OCH3 is 1. The molecule has 1 aromatic rings. The SMILES string of the molecule is COC1=CC2C(=O)c3c(ccc4c3C(F)=CCC4)OC2C=C1. The summed E-state index contributed by atoms with van der Waals surface area (Å²) in [5, 5.41) is 0. The van der Waals surface area contributed by atoms with Crippen LogP contribution in [0.2, 0.25) is 0 Å². The van der Waals surface area contributed by atoms with Crippen LogP contribution in [0.1, 0.15) is 27.9 Å². The zero-order valence-corrected chi connectivity index (χ0v) is 12.1. The van der Waals surface area contributed by atoms with E-state index in [0.717, 1.165) is 12.0 Å². The average molecular weight is 298 g/mol. The minimum Gasteiger partial charge on any atom is -0.497 e. The molecule has 0 bridgehead atoms. The van der Waals surface area contributed by atoms with E-state index in [1.54, 1.807) is 31.4 Å². The van der Waals surface area contributed by atoms with Crippen LogP contribution in [0.25, 0.3) is 5.83 Å². The van der Waals surface area contributed by atoms with Gasteiger partial charge in [0.15, 0.2) is 5.78 Å². The molecular weight excluding hydrogens is 283 g/mol. The molecule has 3 aliphatic rings. The number of halogens is 1. The second kappa shape index (κ2) is 4.83. The lowest BCUT2D eigenvalue weighted by Gasteiger charge is -2.33. The van der Waals surface area contributed by atoms with E-state index in [1.165, 1.54) is 0 Å². The van der Waals surface area contributed by atoms with E-state index in [4.69, 9.17) is 9.47 Å². The molecule has 0 saturated carbocycles. The van der Waals surface area contributed by atoms with Gasteiger partial charge in [-0.25, -0.2) is 4.39 Å². The van der Waals surface area contributed by atoms with Crippen molar-refractivity contribution in [3.8, 4) is 5.75 Å². The van der Waals surface area contributed by atoms with Crippen LogP contribution < -0.4 is 4.74 Å². The molecule has 3 nitrogen and oxygen atoms in total. The average Bonchev–Trinajstić information content (AvgIpc) is 2.55. The minimum atomic E-state index is -0.464. The van der Waals surface area contributed by atoms with Gasteiger partial charge in [-0.2, -0.15) is 0 Å². The van der Waals surface area contributed by atoms with Gasteiger partial charge in [0, 0.05) is 5.56 Å². The van der Waals surface area contributed by atoms with E-state index in [1.807, 2.05) is 12.1 Å². The summed E-state index contributed by atoms with van der Waals surface area (Å²) in [7, 11) is 1.56. The molecular formula is C18H15FO3. The van der Waals surface area contributed by atoms with E-state index >= 15 is 0 Å². The molecule has 0 radical (unpaired) electrons. The highest BCUT2D eigenvalue weighted by Gasteiger charge is 2.39. The molecule has 1 aliphatic heterocycles. The summed E-state index contributed by atoms with van der Waals surface area (Å²) in [5.74, 6) is 0.203. The molecule has 1 aromatic carbocycles. The third kappa shape index (κ3) is 1.83. The number of fused-ring (bicyclic) bond motifs is 4. The quantitative estimate of drug-likeness (QED) is 0.794. The predicted octanol–water partition coefficient (Wildman–Crippen LogP) is 3.60. The number of allylic oxidation sites excluding steroid dienone is 2. The fraction of sp³-hybridized carbons (Fsp3) is 0.278. The van der Waals surface area contributed by atoms with Crippen molar-refractivity contribution in [2.75, 3.05) is 7.11 Å². The summed E-state index contributed by atoms with van der Waals surface area (Å²) in [4.78, 5) is 12.9. The number of aryl methyl sites for hydroxylation is 1. The van der Waals surface area contributed by atoms with Crippen LogP contribution in [0.5, 0.6) is 5.75 Å². The Morgan fingerprint density at radius 1 is 1.32 bits per heavy atom. The molecule has 4 rings (SSSR count). The van der Waals surface area contributed by atoms with Gasteiger partial charge in [0.25, 0.3) is 0 Å². The maximum absolute atomic E-state index is 14.3. The first-order chi connectivity index (χ1) is 10.7. The second-order valence-corrected chi connectivity index (χ2v) is 5.67. The molecule has 112 valence electrons. The van der Waals surface area contributed by atoms with Crippen LogP contribution in [-0.2, 0) is 11.2 Å². The number of carbonyl (C=O) groups is 1. The van der Waals surface area contributed by atoms with Gasteiger partial charge in [-0.15, -0.1) is 0 Å². The van der Waals surface area contributed by atoms with Crippen molar-refractivity contribution >= 4 is 11.6 Å². The fourth-order valence-electron chi connectivity index (χ4n) is 3.33. The molecule has 0 spiro atoms. The van der Waals surface area contributed by atoms with Crippen molar-refractivity contribution in [2.45, 2.75) is 18.9 Å². The molecule has 0 N–H and O–H groups in total. The Morgan fingerprint density at radius 3 is 3.00 bits per heavy atom. The van der Waals surface area contributed by atoms with Crippen LogP contribution in [0.3, 0.4) is 0 Å². The summed E-state index contributed by atoms with van der Waals surface area (Å²) >= 11 is 0. The predicted molar refractivity (Wildman–Crippen MR) is 80.3 cm³/mol. The van der Waals surface area contributed by atoms with Crippen molar-refractivity contribution in [1.29, 1.82) is 0 Å². The lowest BCUT2D eigenvalue weighted by molar-refractivity contribution is 0.0797. The van der Waals surface area contributed by atoms with Crippen LogP contribution in [-0.4, -0.2) is 19.0 Å². The monoisotopic (exact) mass is 298 g/mol. The second-order valence-electron chi connectivity index (χ2n) is 5.67. The van der Waals surface area contributed by atoms with E-state index in [9.17, 15) is 9.18 Å². The lowest BCUT2D eigenvalue weighted by Crippen LogP contribution is -2.37. The van der Waals surface area contributed by atoms with Crippen LogP contribution in [0.15, 0.2) is 42.2 Å². The smallest absolute Gasteiger partial charge is 0.178 e. The Bertz CT molecular complexity index is 758. The molecule has 4 heteroatoms. The van der Waals surface area contributed by atoms with Crippen molar-refractivity contribution in [3.63, 3.8) is 0 Å². The first-order valence-electron chi connectivity index (χ1n) is 7.36. The van der Waals surface area contributed by atoms with Crippen molar-refractivity contribution in [1.82, 2.24) is 0 Å². The molecule has 0 fully saturated rings. The zero-order chi connectivity index (χ0) is 15.3. The normalized spacial score (nSPS) is 25.3. The molecule has 1 heterocycles. The zero-order valence-electron chi connectivity index (χ0n) is 12.1. The van der Waals surface area contributed by atoms with Crippen LogP contribution >= 0.6 is 0 Å². The number of hydrogen-bond donors (Lipinski definition) is 0. The van der Waals surface area contributed by atoms with E-state index in [2.05, 4.69) is 0 Å². The summed E-state index contributed by atoms with van der Waals surface area (Å²) < 4.78 is 25.4. The van der Waals surface area contributed by atoms with Crippen molar-refractivity contribution in [2.24, 2.45) is 5.92 Å². The maximum atomic E-state index is 14.3. The third-order valence-electron chi connectivity index (χ3n) is 4.43. The molecule has 0 saturated heterocycles. The Hall–Kier alpha value is -2.36. The number of ether oxygens (including phenoxy) is 2. The first-order valence-corrected chi connectivity index (χ1v) is 7.36. The van der Waals surface area contributed by atoms with Crippen molar-refractivity contribution in [3.05, 3.63) is 58.9 Å². The largest absolute Gasteiger partial charge is 0.497 e. The van der Waals surface area contributed by atoms with Gasteiger partial charge >= 0.3 is 0 Å². The van der Waals surface area contributed by atoms with Gasteiger partial charge in [0.1, 0.15) is 23.4 Å². The number of benzene rings is 1. The highest BCUT2D eigenvalue weighted by atomic mass is 19.1. The summed E-state index contributed by atoms with van der Waals surface area (Å²) in [6.45, 7) is 0. The van der Waals surface area contributed by atoms with E-state index in [0.29, 0.717) is 29.1 Å². The van der Waals surface area contributed by atoms with Gasteiger partial charge in [0.05, 0.1) is 18.6 Å². The number of ketones is 1. The first kappa shape index (κ1) is 13.3. The molecule has 2 unspecified atom stereocenters. The highest BCUT2D eigenvalue weighted by Crippen LogP contribution is 2.42. The molecule has 0 aromatic heterocycles. The highest BCUT2D eigenvalue weighted by molar-refractivity contribution is 6.07. The molecule has 2 atom stereocenters. The Morgan fingerprint density at radius 2 is 2.18 bits per heavy atom. The Balaban J connectivity index is 1.87. The summed E-state index contributed by atoms with van der Waals surface area (Å²) in [6, 6.07) is 3.64. The number of carbonyl (C=O) groups excluding carboxylic acids is 1. The number of rotatable bonds is 1. The number of Topliss-reactive ketones (excluding diaryl/α,β-unsaturated/α-hetero) is 1. The van der Waals surface area contributed by atoms with Gasteiger partial charge in [0.2, 0.25) is 0 Å². The fourth-order valence-corrected chi connectivity index (χ4v) is 3.33. The Labute approximate surface area is 127 Å². The van der Waals surface area contributed by atoms with Crippen LogP contribution in [0.4, 0.5) is 4.39 Å². The minimum absolute atomic E-state index is 0.104. The maximum Gasteiger partial charge on any atom is 0.178 e. The van der Waals surface area contributed by atoms with Gasteiger partial charge < -0.3 is 9.47 Å². The lowest BCUT2D eigenvalue weighted by atomic mass is 9.81.